The van der Waals surface area contributed by atoms with Crippen molar-refractivity contribution in [2.75, 3.05) is 0 Å². The third kappa shape index (κ3) is 10.0. The minimum Gasteiger partial charge on any atom is -0.165 e. The molecule has 214 valence electrons. The van der Waals surface area contributed by atoms with E-state index in [1.807, 2.05) is 42.5 Å². The molecule has 3 aromatic rings. The van der Waals surface area contributed by atoms with Crippen LogP contribution < -0.4 is 4.43 Å². The summed E-state index contributed by atoms with van der Waals surface area (Å²) in [4.78, 5) is 0. The van der Waals surface area contributed by atoms with Gasteiger partial charge in [-0.3, -0.25) is 0 Å². The molecule has 4 heteroatoms. The van der Waals surface area contributed by atoms with Crippen molar-refractivity contribution in [2.24, 2.45) is 0 Å². The summed E-state index contributed by atoms with van der Waals surface area (Å²) in [5.41, 5.74) is 12.4. The quantitative estimate of drug-likeness (QED) is 0.124. The molecule has 4 aliphatic carbocycles. The number of benzene rings is 3. The summed E-state index contributed by atoms with van der Waals surface area (Å²) in [7, 11) is 0. The fourth-order valence-electron chi connectivity index (χ4n) is 4.91. The Morgan fingerprint density at radius 1 is 0.409 bits per heavy atom. The topological polar surface area (TPSA) is 0 Å². The zero-order valence-electron chi connectivity index (χ0n) is 24.8. The second kappa shape index (κ2) is 18.8. The average molecular weight is 703 g/mol. The SMILES string of the molecule is Cc1[c-]c2ccccc(-c3ccccc3)c-2c1.Cc1[c-]c2ccccc(-c3ccccc3)c-2c1.Cl.Cl.[Al][c]1ccccc1.[Zr+2]. The van der Waals surface area contributed by atoms with E-state index >= 15 is 0 Å². The third-order valence-corrected chi connectivity index (χ3v) is 7.17. The smallest absolute Gasteiger partial charge is 0.165 e. The number of hydrogen-bond acceptors (Lipinski definition) is 0. The maximum atomic E-state index is 3.39. The predicted molar refractivity (Wildman–Crippen MR) is 190 cm³/mol. The molecule has 4 aliphatic rings. The molecule has 0 spiro atoms. The first-order chi connectivity index (χ1) is 20.1. The van der Waals surface area contributed by atoms with Gasteiger partial charge < -0.3 is 0 Å². The summed E-state index contributed by atoms with van der Waals surface area (Å²) in [6, 6.07) is 59.2. The second-order valence-corrected chi connectivity index (χ2v) is 10.6. The van der Waals surface area contributed by atoms with Crippen LogP contribution in [-0.2, 0) is 26.2 Å². The number of aryl methyl sites for hydroxylation is 2. The van der Waals surface area contributed by atoms with Gasteiger partial charge in [0.25, 0.3) is 0 Å². The molecule has 0 atom stereocenters. The van der Waals surface area contributed by atoms with Crippen LogP contribution in [0.1, 0.15) is 11.1 Å². The molecule has 3 aromatic carbocycles. The summed E-state index contributed by atoms with van der Waals surface area (Å²) in [5.74, 6) is 0. The van der Waals surface area contributed by atoms with Gasteiger partial charge in [-0.05, 0) is 11.1 Å². The Labute approximate surface area is 302 Å². The van der Waals surface area contributed by atoms with E-state index in [0.717, 1.165) is 0 Å². The molecule has 2 radical (unpaired) electrons. The molecule has 0 bridgehead atoms. The predicted octanol–water partition coefficient (Wildman–Crippen LogP) is 10.5. The molecule has 0 heterocycles. The van der Waals surface area contributed by atoms with Crippen LogP contribution in [0.2, 0.25) is 0 Å². The first-order valence-electron chi connectivity index (χ1n) is 13.8. The van der Waals surface area contributed by atoms with Gasteiger partial charge in [-0.25, -0.2) is 0 Å². The van der Waals surface area contributed by atoms with E-state index in [0.29, 0.717) is 0 Å². The summed E-state index contributed by atoms with van der Waals surface area (Å²) >= 11 is 2.63. The van der Waals surface area contributed by atoms with Crippen LogP contribution in [0.15, 0.2) is 152 Å². The molecule has 44 heavy (non-hydrogen) atoms. The van der Waals surface area contributed by atoms with E-state index in [4.69, 9.17) is 0 Å². The van der Waals surface area contributed by atoms with Crippen LogP contribution in [0.5, 0.6) is 0 Å². The van der Waals surface area contributed by atoms with Crippen LogP contribution in [0.3, 0.4) is 0 Å². The van der Waals surface area contributed by atoms with E-state index in [1.54, 1.807) is 0 Å². The van der Waals surface area contributed by atoms with E-state index in [9.17, 15) is 0 Å². The van der Waals surface area contributed by atoms with E-state index < -0.39 is 0 Å². The van der Waals surface area contributed by atoms with E-state index in [-0.39, 0.29) is 51.0 Å². The Morgan fingerprint density at radius 2 is 0.727 bits per heavy atom. The molecule has 0 saturated heterocycles. The molecule has 0 nitrogen and oxygen atoms in total. The Hall–Kier alpha value is -2.94. The van der Waals surface area contributed by atoms with Gasteiger partial charge >= 0.3 is 26.2 Å². The van der Waals surface area contributed by atoms with Crippen LogP contribution in [-0.4, -0.2) is 16.3 Å². The molecule has 0 N–H and O–H groups in total. The van der Waals surface area contributed by atoms with Gasteiger partial charge in [0.05, 0.1) is 0 Å². The fourth-order valence-corrected chi connectivity index (χ4v) is 5.13. The van der Waals surface area contributed by atoms with Gasteiger partial charge in [0.1, 0.15) is 0 Å². The molecular formula is C40H33AlCl2Zr. The Kier molecular flexibility index (Phi) is 15.9. The van der Waals surface area contributed by atoms with Crippen molar-refractivity contribution >= 4 is 45.5 Å². The average Bonchev–Trinajstić information content (AvgIpc) is 3.41. The van der Waals surface area contributed by atoms with Crippen molar-refractivity contribution in [3.63, 3.8) is 0 Å². The molecule has 7 rings (SSSR count). The summed E-state index contributed by atoms with van der Waals surface area (Å²) in [6.07, 6.45) is 0. The Balaban J connectivity index is 0.000000239. The van der Waals surface area contributed by atoms with Gasteiger partial charge in [-0.1, -0.05) is 140 Å². The number of rotatable bonds is 2. The van der Waals surface area contributed by atoms with Gasteiger partial charge in [-0.15, -0.1) is 87.9 Å². The second-order valence-electron chi connectivity index (χ2n) is 9.97. The molecule has 0 aromatic heterocycles. The van der Waals surface area contributed by atoms with Crippen molar-refractivity contribution < 1.29 is 26.2 Å². The van der Waals surface area contributed by atoms with Gasteiger partial charge in [0.15, 0.2) is 16.3 Å². The van der Waals surface area contributed by atoms with Crippen molar-refractivity contribution in [3.05, 3.63) is 175 Å². The molecule has 0 aliphatic heterocycles. The minimum atomic E-state index is 0. The van der Waals surface area contributed by atoms with Crippen molar-refractivity contribution in [1.29, 1.82) is 0 Å². The number of hydrogen-bond donors (Lipinski definition) is 0. The maximum Gasteiger partial charge on any atom is 2.00 e. The Morgan fingerprint density at radius 3 is 1.07 bits per heavy atom. The summed E-state index contributed by atoms with van der Waals surface area (Å²) in [5, 5.41) is 0. The van der Waals surface area contributed by atoms with Crippen LogP contribution in [0.25, 0.3) is 44.5 Å². The standard InChI is InChI=1S/2C17H13.C6H5.Al.2ClH.Zr/c2*1-13-11-15-9-5-6-10-16(17(15)12-13)14-7-3-2-4-8-14;1-2-4-6-5-3-1;;;;/h2*2-10,12H,1H3;1-5H;;2*1H;/q2*-1;;;;;+2. The van der Waals surface area contributed by atoms with Crippen LogP contribution in [0, 0.1) is 26.0 Å². The molecule has 0 fully saturated rings. The van der Waals surface area contributed by atoms with Gasteiger partial charge in [0.2, 0.25) is 0 Å². The van der Waals surface area contributed by atoms with Crippen molar-refractivity contribution in [2.45, 2.75) is 13.8 Å². The molecule has 0 saturated carbocycles. The number of fused-ring (bicyclic) bond motifs is 2. The van der Waals surface area contributed by atoms with Crippen molar-refractivity contribution in [1.82, 2.24) is 0 Å². The van der Waals surface area contributed by atoms with Crippen LogP contribution >= 0.6 is 24.8 Å². The molecule has 0 unspecified atom stereocenters. The first-order valence-corrected chi connectivity index (χ1v) is 14.4. The first kappa shape index (κ1) is 37.2. The molecular weight excluding hydrogens is 670 g/mol. The maximum absolute atomic E-state index is 3.39. The van der Waals surface area contributed by atoms with E-state index in [2.05, 4.69) is 151 Å². The van der Waals surface area contributed by atoms with Crippen LogP contribution in [0.4, 0.5) is 0 Å². The monoisotopic (exact) mass is 700 g/mol. The summed E-state index contributed by atoms with van der Waals surface area (Å²) in [6.45, 7) is 4.18. The minimum absolute atomic E-state index is 0. The normalized spacial score (nSPS) is 9.59. The van der Waals surface area contributed by atoms with Crippen molar-refractivity contribution in [3.8, 4) is 44.5 Å². The zero-order valence-corrected chi connectivity index (χ0v) is 30.1. The largest absolute Gasteiger partial charge is 2.00 e. The van der Waals surface area contributed by atoms with E-state index in [1.165, 1.54) is 60.1 Å². The third-order valence-electron chi connectivity index (χ3n) is 6.79. The fraction of sp³-hybridized carbons (Fsp3) is 0.0500. The van der Waals surface area contributed by atoms with Gasteiger partial charge in [0, 0.05) is 0 Å². The Bertz CT molecular complexity index is 1640. The number of halogens is 2. The van der Waals surface area contributed by atoms with Gasteiger partial charge in [-0.2, -0.15) is 23.3 Å². The zero-order chi connectivity index (χ0) is 28.4. The summed E-state index contributed by atoms with van der Waals surface area (Å²) < 4.78 is 1.24. The molecule has 0 amide bonds.